The van der Waals surface area contributed by atoms with Crippen LogP contribution in [0.15, 0.2) is 18.3 Å². The molecule has 71 valence electrons. The number of amides is 1. The van der Waals surface area contributed by atoms with E-state index >= 15 is 0 Å². The number of fused-ring (bicyclic) bond motifs is 1. The summed E-state index contributed by atoms with van der Waals surface area (Å²) in [7, 11) is 0. The molecule has 1 aromatic heterocycles. The van der Waals surface area contributed by atoms with Crippen LogP contribution >= 0.6 is 0 Å². The summed E-state index contributed by atoms with van der Waals surface area (Å²) in [5.74, 6) is -0.471. The number of rotatable bonds is 1. The van der Waals surface area contributed by atoms with Crippen molar-refractivity contribution in [1.29, 1.82) is 0 Å². The number of nitrogens with one attached hydrogen (secondary N) is 1. The first-order valence-corrected chi connectivity index (χ1v) is 3.42. The predicted octanol–water partition coefficient (Wildman–Crippen LogP) is 0.910. The van der Waals surface area contributed by atoms with Gasteiger partial charge in [0.05, 0.1) is 0 Å². The first kappa shape index (κ1) is 13.3. The van der Waals surface area contributed by atoms with E-state index in [2.05, 4.69) is 16.3 Å². The maximum absolute atomic E-state index is 10.9. The van der Waals surface area contributed by atoms with Crippen molar-refractivity contribution >= 4 is 16.8 Å². The van der Waals surface area contributed by atoms with Crippen molar-refractivity contribution in [2.24, 2.45) is 5.73 Å². The Morgan fingerprint density at radius 2 is 2.21 bits per heavy atom. The average Bonchev–Trinajstić information content (AvgIpc) is 2.49. The van der Waals surface area contributed by atoms with E-state index < -0.39 is 5.91 Å². The SMILES string of the molecule is NC(=O)c1c[c-]cc2cn[nH]c12.[CH3-].[Y]. The van der Waals surface area contributed by atoms with Crippen molar-refractivity contribution in [2.75, 3.05) is 0 Å². The molecule has 3 N–H and O–H groups in total. The topological polar surface area (TPSA) is 71.8 Å². The van der Waals surface area contributed by atoms with Crippen LogP contribution in [0, 0.1) is 13.5 Å². The Balaban J connectivity index is 0.000000845. The zero-order chi connectivity index (χ0) is 8.55. The first-order chi connectivity index (χ1) is 5.79. The van der Waals surface area contributed by atoms with Crippen LogP contribution in [0.2, 0.25) is 0 Å². The number of hydrogen-bond acceptors (Lipinski definition) is 2. The van der Waals surface area contributed by atoms with Gasteiger partial charge in [-0.3, -0.25) is 4.79 Å². The largest absolute Gasteiger partial charge is 0.376 e. The molecule has 1 aromatic carbocycles. The van der Waals surface area contributed by atoms with Gasteiger partial charge in [0, 0.05) is 38.9 Å². The third-order valence-corrected chi connectivity index (χ3v) is 1.67. The van der Waals surface area contributed by atoms with E-state index in [-0.39, 0.29) is 40.1 Å². The number of aromatic nitrogens is 2. The van der Waals surface area contributed by atoms with Crippen LogP contribution in [-0.2, 0) is 32.7 Å². The van der Waals surface area contributed by atoms with Gasteiger partial charge in [-0.05, 0) is 11.1 Å². The van der Waals surface area contributed by atoms with Crippen LogP contribution in [0.5, 0.6) is 0 Å². The molecule has 0 fully saturated rings. The number of hydrogen-bond donors (Lipinski definition) is 2. The van der Waals surface area contributed by atoms with Crippen molar-refractivity contribution in [3.05, 3.63) is 37.4 Å². The number of aromatic amines is 1. The fourth-order valence-corrected chi connectivity index (χ4v) is 1.10. The second kappa shape index (κ2) is 5.22. The minimum atomic E-state index is -0.471. The summed E-state index contributed by atoms with van der Waals surface area (Å²) in [5.41, 5.74) is 6.22. The van der Waals surface area contributed by atoms with E-state index in [9.17, 15) is 4.79 Å². The predicted molar refractivity (Wildman–Crippen MR) is 49.9 cm³/mol. The Kier molecular flexibility index (Phi) is 4.95. The molecule has 1 heterocycles. The van der Waals surface area contributed by atoms with E-state index in [0.717, 1.165) is 5.39 Å². The first-order valence-electron chi connectivity index (χ1n) is 3.42. The normalized spacial score (nSPS) is 8.86. The van der Waals surface area contributed by atoms with Crippen LogP contribution in [0.3, 0.4) is 0 Å². The fraction of sp³-hybridized carbons (Fsp3) is 0. The molecule has 0 bridgehead atoms. The van der Waals surface area contributed by atoms with Gasteiger partial charge < -0.3 is 18.3 Å². The second-order valence-electron chi connectivity index (χ2n) is 2.43. The van der Waals surface area contributed by atoms with E-state index in [1.165, 1.54) is 0 Å². The number of benzene rings is 1. The Bertz CT molecular complexity index is 438. The summed E-state index contributed by atoms with van der Waals surface area (Å²) in [6.45, 7) is 0. The molecule has 0 saturated heterocycles. The van der Waals surface area contributed by atoms with Gasteiger partial charge in [0.1, 0.15) is 0 Å². The van der Waals surface area contributed by atoms with Crippen molar-refractivity contribution in [1.82, 2.24) is 10.2 Å². The van der Waals surface area contributed by atoms with Gasteiger partial charge in [-0.1, -0.05) is 5.39 Å². The number of carbonyl (C=O) groups excluding carboxylic acids is 1. The van der Waals surface area contributed by atoms with Crippen molar-refractivity contribution in [3.63, 3.8) is 0 Å². The van der Waals surface area contributed by atoms with E-state index in [4.69, 9.17) is 5.73 Å². The molecule has 2 rings (SSSR count). The monoisotopic (exact) mass is 264 g/mol. The summed E-state index contributed by atoms with van der Waals surface area (Å²) in [6.07, 6.45) is 1.62. The van der Waals surface area contributed by atoms with Crippen LogP contribution < -0.4 is 5.73 Å². The molecule has 14 heavy (non-hydrogen) atoms. The van der Waals surface area contributed by atoms with Crippen LogP contribution in [-0.4, -0.2) is 16.1 Å². The zero-order valence-corrected chi connectivity index (χ0v) is 10.6. The Labute approximate surface area is 107 Å². The molecule has 0 unspecified atom stereocenters. The van der Waals surface area contributed by atoms with Gasteiger partial charge in [0.25, 0.3) is 0 Å². The molecule has 1 radical (unpaired) electrons. The number of nitrogens with zero attached hydrogens (tertiary/aromatic N) is 1. The molecule has 0 spiro atoms. The molecule has 5 heteroatoms. The summed E-state index contributed by atoms with van der Waals surface area (Å²) >= 11 is 0. The number of nitrogens with two attached hydrogens (primary N) is 1. The molecule has 4 nitrogen and oxygen atoms in total. The Morgan fingerprint density at radius 3 is 2.86 bits per heavy atom. The van der Waals surface area contributed by atoms with Gasteiger partial charge in [0.2, 0.25) is 0 Å². The van der Waals surface area contributed by atoms with Gasteiger partial charge in [0.15, 0.2) is 5.91 Å². The summed E-state index contributed by atoms with van der Waals surface area (Å²) in [5, 5.41) is 7.33. The third-order valence-electron chi connectivity index (χ3n) is 1.67. The van der Waals surface area contributed by atoms with Crippen LogP contribution in [0.1, 0.15) is 10.4 Å². The number of primary amides is 1. The minimum absolute atomic E-state index is 0. The third kappa shape index (κ3) is 2.19. The van der Waals surface area contributed by atoms with Gasteiger partial charge in [-0.2, -0.15) is 23.3 Å². The molecular weight excluding hydrogens is 255 g/mol. The Morgan fingerprint density at radius 1 is 1.50 bits per heavy atom. The maximum Gasteiger partial charge on any atom is 0.194 e. The molecule has 0 aliphatic carbocycles. The van der Waals surface area contributed by atoms with Crippen molar-refractivity contribution in [2.45, 2.75) is 0 Å². The van der Waals surface area contributed by atoms with Crippen LogP contribution in [0.25, 0.3) is 10.9 Å². The quantitative estimate of drug-likeness (QED) is 0.751. The zero-order valence-electron chi connectivity index (χ0n) is 7.74. The second-order valence-corrected chi connectivity index (χ2v) is 2.43. The smallest absolute Gasteiger partial charge is 0.194 e. The van der Waals surface area contributed by atoms with Crippen molar-refractivity contribution < 1.29 is 37.5 Å². The standard InChI is InChI=1S/C8H6N3O.CH3.Y/c9-8(12)6-3-1-2-5-4-10-11-7(5)6;;/h2-4H,(H2,9,12)(H,10,11);1H3;/q2*-1;. The molecule has 0 aliphatic rings. The van der Waals surface area contributed by atoms with E-state index in [1.54, 1.807) is 18.3 Å². The number of carbonyl (C=O) groups is 1. The molecule has 0 aliphatic heterocycles. The average molecular weight is 264 g/mol. The molecule has 2 aromatic rings. The van der Waals surface area contributed by atoms with E-state index in [1.807, 2.05) is 0 Å². The van der Waals surface area contributed by atoms with Gasteiger partial charge >= 0.3 is 0 Å². The fourth-order valence-electron chi connectivity index (χ4n) is 1.10. The number of H-pyrrole nitrogens is 1. The summed E-state index contributed by atoms with van der Waals surface area (Å²) in [4.78, 5) is 10.9. The van der Waals surface area contributed by atoms with Crippen LogP contribution in [0.4, 0.5) is 0 Å². The summed E-state index contributed by atoms with van der Waals surface area (Å²) < 4.78 is 0. The molecule has 0 saturated carbocycles. The summed E-state index contributed by atoms with van der Waals surface area (Å²) in [6, 6.07) is 6.10. The molecule has 0 atom stereocenters. The van der Waals surface area contributed by atoms with Gasteiger partial charge in [-0.25, -0.2) is 0 Å². The molecule has 1 amide bonds. The maximum atomic E-state index is 10.9. The molecular formula is C9H9N3OY-2. The van der Waals surface area contributed by atoms with E-state index in [0.29, 0.717) is 11.1 Å². The Hall–Kier alpha value is -0.736. The van der Waals surface area contributed by atoms with Crippen molar-refractivity contribution in [3.8, 4) is 0 Å². The minimum Gasteiger partial charge on any atom is -0.376 e. The van der Waals surface area contributed by atoms with Gasteiger partial charge in [-0.15, -0.1) is 0 Å².